The maximum Gasteiger partial charge on any atom is 0.148 e. The van der Waals surface area contributed by atoms with Gasteiger partial charge in [0.25, 0.3) is 0 Å². The number of fused-ring (bicyclic) bond motifs is 1. The summed E-state index contributed by atoms with van der Waals surface area (Å²) in [6.45, 7) is 3.26. The number of para-hydroxylation sites is 3. The molecule has 130 valence electrons. The molecular formula is C22H19BrN2O. The van der Waals surface area contributed by atoms with Crippen LogP contribution >= 0.6 is 15.9 Å². The molecule has 0 saturated heterocycles. The number of aromatic nitrogens is 2. The lowest BCUT2D eigenvalue weighted by molar-refractivity contribution is 0.289. The minimum Gasteiger partial charge on any atom is -0.485 e. The molecule has 0 aliphatic rings. The fourth-order valence-electron chi connectivity index (χ4n) is 3.05. The zero-order chi connectivity index (χ0) is 17.9. The molecule has 4 heteroatoms. The van der Waals surface area contributed by atoms with Crippen LogP contribution in [0.25, 0.3) is 11.0 Å². The van der Waals surface area contributed by atoms with Gasteiger partial charge in [-0.3, -0.25) is 0 Å². The molecule has 3 aromatic carbocycles. The Balaban J connectivity index is 1.67. The monoisotopic (exact) mass is 406 g/mol. The van der Waals surface area contributed by atoms with E-state index in [1.54, 1.807) is 0 Å². The third-order valence-electron chi connectivity index (χ3n) is 4.44. The van der Waals surface area contributed by atoms with Gasteiger partial charge in [0.05, 0.1) is 11.0 Å². The molecule has 0 fully saturated rings. The van der Waals surface area contributed by atoms with Crippen LogP contribution in [0.4, 0.5) is 0 Å². The van der Waals surface area contributed by atoms with Crippen molar-refractivity contribution in [1.29, 1.82) is 0 Å². The Hall–Kier alpha value is -2.59. The molecule has 0 N–H and O–H groups in total. The Morgan fingerprint density at radius 3 is 2.46 bits per heavy atom. The van der Waals surface area contributed by atoms with Crippen LogP contribution in [-0.2, 0) is 13.2 Å². The van der Waals surface area contributed by atoms with Gasteiger partial charge in [-0.1, -0.05) is 58.4 Å². The van der Waals surface area contributed by atoms with Crippen molar-refractivity contribution in [2.75, 3.05) is 0 Å². The Kier molecular flexibility index (Phi) is 4.76. The van der Waals surface area contributed by atoms with Gasteiger partial charge in [0, 0.05) is 11.0 Å². The van der Waals surface area contributed by atoms with Crippen molar-refractivity contribution < 1.29 is 4.74 Å². The second-order valence-electron chi connectivity index (χ2n) is 6.28. The third-order valence-corrected chi connectivity index (χ3v) is 4.97. The van der Waals surface area contributed by atoms with E-state index in [2.05, 4.69) is 63.8 Å². The predicted molar refractivity (Wildman–Crippen MR) is 108 cm³/mol. The van der Waals surface area contributed by atoms with Gasteiger partial charge in [0.2, 0.25) is 0 Å². The second kappa shape index (κ2) is 7.34. The topological polar surface area (TPSA) is 27.1 Å². The highest BCUT2D eigenvalue weighted by molar-refractivity contribution is 9.10. The van der Waals surface area contributed by atoms with E-state index >= 15 is 0 Å². The lowest BCUT2D eigenvalue weighted by Gasteiger charge is -2.12. The quantitative estimate of drug-likeness (QED) is 0.422. The maximum absolute atomic E-state index is 6.06. The van der Waals surface area contributed by atoms with Gasteiger partial charge in [0.1, 0.15) is 18.2 Å². The average molecular weight is 407 g/mol. The first-order chi connectivity index (χ1) is 12.7. The van der Waals surface area contributed by atoms with Gasteiger partial charge in [-0.2, -0.15) is 0 Å². The number of halogens is 1. The van der Waals surface area contributed by atoms with Crippen molar-refractivity contribution in [2.24, 2.45) is 0 Å². The predicted octanol–water partition coefficient (Wildman–Crippen LogP) is 5.73. The molecule has 0 radical (unpaired) electrons. The van der Waals surface area contributed by atoms with Gasteiger partial charge >= 0.3 is 0 Å². The summed E-state index contributed by atoms with van der Waals surface area (Å²) >= 11 is 3.50. The van der Waals surface area contributed by atoms with Crippen molar-refractivity contribution in [3.8, 4) is 5.75 Å². The summed E-state index contributed by atoms with van der Waals surface area (Å²) in [5.74, 6) is 1.83. The molecule has 0 aliphatic carbocycles. The molecule has 4 rings (SSSR count). The van der Waals surface area contributed by atoms with E-state index in [4.69, 9.17) is 9.72 Å². The van der Waals surface area contributed by atoms with Crippen LogP contribution in [0.5, 0.6) is 5.75 Å². The Morgan fingerprint density at radius 1 is 0.923 bits per heavy atom. The first-order valence-corrected chi connectivity index (χ1v) is 9.37. The Labute approximate surface area is 161 Å². The highest BCUT2D eigenvalue weighted by Crippen LogP contribution is 2.22. The summed E-state index contributed by atoms with van der Waals surface area (Å²) in [6.07, 6.45) is 0. The third kappa shape index (κ3) is 3.51. The SMILES string of the molecule is Cc1ccccc1OCc1nc2ccccc2n1Cc1ccc(Br)cc1. The van der Waals surface area contributed by atoms with Crippen molar-refractivity contribution >= 4 is 27.0 Å². The summed E-state index contributed by atoms with van der Waals surface area (Å²) in [5.41, 5.74) is 4.48. The smallest absolute Gasteiger partial charge is 0.148 e. The highest BCUT2D eigenvalue weighted by atomic mass is 79.9. The van der Waals surface area contributed by atoms with Gasteiger partial charge in [-0.05, 0) is 48.4 Å². The van der Waals surface area contributed by atoms with Crippen LogP contribution in [0.2, 0.25) is 0 Å². The summed E-state index contributed by atoms with van der Waals surface area (Å²) in [6, 6.07) is 24.7. The lowest BCUT2D eigenvalue weighted by atomic mass is 10.2. The van der Waals surface area contributed by atoms with Crippen molar-refractivity contribution in [3.63, 3.8) is 0 Å². The molecule has 0 unspecified atom stereocenters. The van der Waals surface area contributed by atoms with Gasteiger partial charge in [-0.25, -0.2) is 4.98 Å². The summed E-state index contributed by atoms with van der Waals surface area (Å²) in [4.78, 5) is 4.80. The molecule has 0 aliphatic heterocycles. The van der Waals surface area contributed by atoms with Crippen LogP contribution in [0.15, 0.2) is 77.3 Å². The van der Waals surface area contributed by atoms with Crippen molar-refractivity contribution in [1.82, 2.24) is 9.55 Å². The molecule has 1 aromatic heterocycles. The molecular weight excluding hydrogens is 388 g/mol. The van der Waals surface area contributed by atoms with Crippen LogP contribution in [-0.4, -0.2) is 9.55 Å². The second-order valence-corrected chi connectivity index (χ2v) is 7.20. The molecule has 0 bridgehead atoms. The zero-order valence-corrected chi connectivity index (χ0v) is 16.1. The number of imidazole rings is 1. The number of ether oxygens (including phenoxy) is 1. The number of hydrogen-bond acceptors (Lipinski definition) is 2. The van der Waals surface area contributed by atoms with Crippen LogP contribution < -0.4 is 4.74 Å². The molecule has 0 amide bonds. The number of nitrogens with zero attached hydrogens (tertiary/aromatic N) is 2. The lowest BCUT2D eigenvalue weighted by Crippen LogP contribution is -2.08. The van der Waals surface area contributed by atoms with E-state index < -0.39 is 0 Å². The highest BCUT2D eigenvalue weighted by Gasteiger charge is 2.12. The number of rotatable bonds is 5. The largest absolute Gasteiger partial charge is 0.485 e. The van der Waals surface area contributed by atoms with E-state index in [1.807, 2.05) is 36.4 Å². The fraction of sp³-hybridized carbons (Fsp3) is 0.136. The minimum atomic E-state index is 0.441. The molecule has 0 atom stereocenters. The molecule has 1 heterocycles. The normalized spacial score (nSPS) is 11.0. The van der Waals surface area contributed by atoms with Gasteiger partial charge < -0.3 is 9.30 Å². The van der Waals surface area contributed by atoms with Crippen LogP contribution in [0.3, 0.4) is 0 Å². The molecule has 3 nitrogen and oxygen atoms in total. The van der Waals surface area contributed by atoms with Crippen LogP contribution in [0.1, 0.15) is 17.0 Å². The van der Waals surface area contributed by atoms with E-state index in [-0.39, 0.29) is 0 Å². The minimum absolute atomic E-state index is 0.441. The van der Waals surface area contributed by atoms with E-state index in [0.29, 0.717) is 6.61 Å². The van der Waals surface area contributed by atoms with E-state index in [0.717, 1.165) is 39.2 Å². The van der Waals surface area contributed by atoms with Gasteiger partial charge in [0.15, 0.2) is 0 Å². The number of hydrogen-bond donors (Lipinski definition) is 0. The van der Waals surface area contributed by atoms with Crippen LogP contribution in [0, 0.1) is 6.92 Å². The first kappa shape index (κ1) is 16.9. The van der Waals surface area contributed by atoms with Crippen molar-refractivity contribution in [2.45, 2.75) is 20.1 Å². The van der Waals surface area contributed by atoms with E-state index in [9.17, 15) is 0 Å². The Bertz CT molecular complexity index is 1040. The van der Waals surface area contributed by atoms with E-state index in [1.165, 1.54) is 5.56 Å². The van der Waals surface area contributed by atoms with Crippen molar-refractivity contribution in [3.05, 3.63) is 94.2 Å². The summed E-state index contributed by atoms with van der Waals surface area (Å²) in [5, 5.41) is 0. The summed E-state index contributed by atoms with van der Waals surface area (Å²) < 4.78 is 9.38. The fourth-order valence-corrected chi connectivity index (χ4v) is 3.31. The molecule has 0 spiro atoms. The molecule has 4 aromatic rings. The average Bonchev–Trinajstić information content (AvgIpc) is 3.00. The first-order valence-electron chi connectivity index (χ1n) is 8.58. The number of benzene rings is 3. The molecule has 26 heavy (non-hydrogen) atoms. The van der Waals surface area contributed by atoms with Gasteiger partial charge in [-0.15, -0.1) is 0 Å². The number of aryl methyl sites for hydroxylation is 1. The maximum atomic E-state index is 6.06. The standard InChI is InChI=1S/C22H19BrN2O/c1-16-6-2-5-9-21(16)26-15-22-24-19-7-3-4-8-20(19)25(22)14-17-10-12-18(23)13-11-17/h2-13H,14-15H2,1H3. The Morgan fingerprint density at radius 2 is 1.65 bits per heavy atom. The summed E-state index contributed by atoms with van der Waals surface area (Å²) in [7, 11) is 0. The zero-order valence-electron chi connectivity index (χ0n) is 14.5. The molecule has 0 saturated carbocycles.